The predicted molar refractivity (Wildman–Crippen MR) is 101 cm³/mol. The van der Waals surface area contributed by atoms with Gasteiger partial charge in [0.2, 0.25) is 10.0 Å². The number of fused-ring (bicyclic) bond motifs is 1. The lowest BCUT2D eigenvalue weighted by Gasteiger charge is -2.40. The zero-order valence-corrected chi connectivity index (χ0v) is 17.1. The highest BCUT2D eigenvalue weighted by Crippen LogP contribution is 2.40. The quantitative estimate of drug-likeness (QED) is 0.701. The minimum Gasteiger partial charge on any atom is -0.465 e. The highest BCUT2D eigenvalue weighted by molar-refractivity contribution is 7.89. The van der Waals surface area contributed by atoms with Gasteiger partial charge in [0.25, 0.3) is 0 Å². The number of benzene rings is 1. The number of esters is 1. The van der Waals surface area contributed by atoms with Crippen LogP contribution in [0.15, 0.2) is 29.2 Å². The van der Waals surface area contributed by atoms with Crippen molar-refractivity contribution in [2.45, 2.75) is 29.9 Å². The first-order chi connectivity index (χ1) is 12.8. The van der Waals surface area contributed by atoms with Crippen LogP contribution in [0.1, 0.15) is 23.2 Å². The molecule has 1 aliphatic heterocycles. The fourth-order valence-corrected chi connectivity index (χ4v) is 6.18. The third-order valence-corrected chi connectivity index (χ3v) is 7.82. The number of likely N-dealkylation sites (N-methyl/N-ethyl adjacent to an activating group) is 1. The maximum Gasteiger partial charge on any atom is 0.339 e. The molecule has 1 saturated heterocycles. The van der Waals surface area contributed by atoms with E-state index in [0.29, 0.717) is 19.0 Å². The monoisotopic (exact) mass is 396 g/mol. The molecule has 2 aliphatic rings. The molecule has 1 saturated carbocycles. The van der Waals surface area contributed by atoms with Crippen molar-refractivity contribution in [2.75, 3.05) is 41.4 Å². The normalized spacial score (nSPS) is 28.9. The number of ether oxygens (including phenoxy) is 2. The fraction of sp³-hybridized carbons (Fsp3) is 0.632. The molecular formula is C19H28N2O5S. The Morgan fingerprint density at radius 2 is 1.74 bits per heavy atom. The number of nitrogens with zero attached hydrogens (tertiary/aromatic N) is 2. The van der Waals surface area contributed by atoms with E-state index in [1.54, 1.807) is 19.2 Å². The van der Waals surface area contributed by atoms with Gasteiger partial charge in [0.05, 0.1) is 23.7 Å². The molecule has 0 aromatic heterocycles. The molecule has 1 aromatic carbocycles. The summed E-state index contributed by atoms with van der Waals surface area (Å²) in [6.07, 6.45) is 1.85. The molecule has 3 rings (SSSR count). The van der Waals surface area contributed by atoms with Crippen molar-refractivity contribution in [3.8, 4) is 0 Å². The SMILES string of the molecule is COC(=O)c1ccccc1S(=O)(=O)N1C[C@H]2C[C@@H](N(C)C)[C@H](OC)C[C@H]2C1. The molecule has 1 heterocycles. The van der Waals surface area contributed by atoms with E-state index in [0.717, 1.165) is 12.8 Å². The maximum absolute atomic E-state index is 13.3. The van der Waals surface area contributed by atoms with E-state index in [1.165, 1.54) is 23.5 Å². The Morgan fingerprint density at radius 1 is 1.11 bits per heavy atom. The van der Waals surface area contributed by atoms with Crippen molar-refractivity contribution >= 4 is 16.0 Å². The molecule has 2 fully saturated rings. The molecule has 0 amide bonds. The van der Waals surface area contributed by atoms with Crippen molar-refractivity contribution in [1.82, 2.24) is 9.21 Å². The molecule has 0 bridgehead atoms. The zero-order valence-electron chi connectivity index (χ0n) is 16.3. The minimum absolute atomic E-state index is 0.0166. The van der Waals surface area contributed by atoms with E-state index < -0.39 is 16.0 Å². The second-order valence-electron chi connectivity index (χ2n) is 7.61. The first kappa shape index (κ1) is 20.3. The summed E-state index contributed by atoms with van der Waals surface area (Å²) in [6.45, 7) is 0.936. The number of rotatable bonds is 5. The molecule has 27 heavy (non-hydrogen) atoms. The number of methoxy groups -OCH3 is 2. The first-order valence-corrected chi connectivity index (χ1v) is 10.6. The summed E-state index contributed by atoms with van der Waals surface area (Å²) in [4.78, 5) is 14.2. The van der Waals surface area contributed by atoms with E-state index in [1.807, 2.05) is 14.1 Å². The second-order valence-corrected chi connectivity index (χ2v) is 9.51. The van der Waals surface area contributed by atoms with Crippen molar-refractivity contribution in [3.63, 3.8) is 0 Å². The highest BCUT2D eigenvalue weighted by atomic mass is 32.2. The number of carbonyl (C=O) groups is 1. The maximum atomic E-state index is 13.3. The Balaban J connectivity index is 1.86. The van der Waals surface area contributed by atoms with Crippen LogP contribution in [-0.4, -0.2) is 77.1 Å². The third-order valence-electron chi connectivity index (χ3n) is 5.93. The topological polar surface area (TPSA) is 76.2 Å². The average molecular weight is 397 g/mol. The van der Waals surface area contributed by atoms with Gasteiger partial charge >= 0.3 is 5.97 Å². The highest BCUT2D eigenvalue weighted by Gasteiger charge is 2.46. The average Bonchev–Trinajstić information content (AvgIpc) is 3.10. The van der Waals surface area contributed by atoms with Crippen LogP contribution in [0.25, 0.3) is 0 Å². The summed E-state index contributed by atoms with van der Waals surface area (Å²) < 4.78 is 38.5. The first-order valence-electron chi connectivity index (χ1n) is 9.16. The van der Waals surface area contributed by atoms with Crippen molar-refractivity contribution < 1.29 is 22.7 Å². The molecule has 1 aromatic rings. The van der Waals surface area contributed by atoms with Gasteiger partial charge in [-0.3, -0.25) is 0 Å². The second kappa shape index (κ2) is 7.87. The third kappa shape index (κ3) is 3.76. The summed E-state index contributed by atoms with van der Waals surface area (Å²) in [7, 11) is 3.28. The molecule has 1 aliphatic carbocycles. The van der Waals surface area contributed by atoms with Crippen LogP contribution < -0.4 is 0 Å². The molecule has 0 N–H and O–H groups in total. The number of hydrogen-bond donors (Lipinski definition) is 0. The van der Waals surface area contributed by atoms with Gasteiger partial charge in [-0.1, -0.05) is 12.1 Å². The molecular weight excluding hydrogens is 368 g/mol. The predicted octanol–water partition coefficient (Wildman–Crippen LogP) is 1.45. The Kier molecular flexibility index (Phi) is 5.90. The Bertz CT molecular complexity index is 795. The van der Waals surface area contributed by atoms with Crippen LogP contribution in [0.4, 0.5) is 0 Å². The molecule has 0 unspecified atom stereocenters. The summed E-state index contributed by atoms with van der Waals surface area (Å²) in [5, 5.41) is 0. The van der Waals surface area contributed by atoms with Gasteiger partial charge < -0.3 is 14.4 Å². The van der Waals surface area contributed by atoms with Crippen molar-refractivity contribution in [2.24, 2.45) is 11.8 Å². The van der Waals surface area contributed by atoms with Crippen LogP contribution >= 0.6 is 0 Å². The molecule has 7 nitrogen and oxygen atoms in total. The molecule has 150 valence electrons. The summed E-state index contributed by atoms with van der Waals surface area (Å²) in [5.74, 6) is -0.0759. The van der Waals surface area contributed by atoms with Gasteiger partial charge in [-0.05, 0) is 50.9 Å². The Labute approximate surface area is 161 Å². The van der Waals surface area contributed by atoms with Gasteiger partial charge in [-0.25, -0.2) is 13.2 Å². The van der Waals surface area contributed by atoms with Gasteiger partial charge in [0, 0.05) is 26.2 Å². The molecule has 0 spiro atoms. The van der Waals surface area contributed by atoms with Crippen LogP contribution in [0.3, 0.4) is 0 Å². The molecule has 8 heteroatoms. The van der Waals surface area contributed by atoms with Gasteiger partial charge in [-0.15, -0.1) is 0 Å². The lowest BCUT2D eigenvalue weighted by Crippen LogP contribution is -2.47. The fourth-order valence-electron chi connectivity index (χ4n) is 4.45. The van der Waals surface area contributed by atoms with Gasteiger partial charge in [-0.2, -0.15) is 4.31 Å². The lowest BCUT2D eigenvalue weighted by molar-refractivity contribution is -0.0209. The lowest BCUT2D eigenvalue weighted by atomic mass is 9.77. The summed E-state index contributed by atoms with van der Waals surface area (Å²) in [6, 6.07) is 6.52. The van der Waals surface area contributed by atoms with Gasteiger partial charge in [0.1, 0.15) is 0 Å². The van der Waals surface area contributed by atoms with Crippen LogP contribution in [0.5, 0.6) is 0 Å². The number of carbonyl (C=O) groups excluding carboxylic acids is 1. The van der Waals surface area contributed by atoms with Crippen molar-refractivity contribution in [1.29, 1.82) is 0 Å². The minimum atomic E-state index is -3.77. The smallest absolute Gasteiger partial charge is 0.339 e. The van der Waals surface area contributed by atoms with E-state index in [2.05, 4.69) is 4.90 Å². The number of hydrogen-bond acceptors (Lipinski definition) is 6. The Hall–Kier alpha value is -1.48. The largest absolute Gasteiger partial charge is 0.465 e. The van der Waals surface area contributed by atoms with Crippen LogP contribution in [0, 0.1) is 11.8 Å². The number of sulfonamides is 1. The van der Waals surface area contributed by atoms with E-state index in [-0.39, 0.29) is 28.5 Å². The molecule has 0 radical (unpaired) electrons. The zero-order chi connectivity index (χ0) is 19.8. The standard InChI is InChI=1S/C19H28N2O5S/c1-20(2)16-9-13-11-21(12-14(13)10-17(16)25-3)27(23,24)18-8-6-5-7-15(18)19(22)26-4/h5-8,13-14,16-17H,9-12H2,1-4H3/t13-,14+,16-,17-/m1/s1. The van der Waals surface area contributed by atoms with Crippen molar-refractivity contribution in [3.05, 3.63) is 29.8 Å². The van der Waals surface area contributed by atoms with E-state index in [9.17, 15) is 13.2 Å². The summed E-state index contributed by atoms with van der Waals surface area (Å²) >= 11 is 0. The Morgan fingerprint density at radius 3 is 2.33 bits per heavy atom. The molecule has 4 atom stereocenters. The van der Waals surface area contributed by atoms with Gasteiger partial charge in [0.15, 0.2) is 0 Å². The van der Waals surface area contributed by atoms with E-state index in [4.69, 9.17) is 9.47 Å². The van der Waals surface area contributed by atoms with Crippen LogP contribution in [-0.2, 0) is 19.5 Å². The summed E-state index contributed by atoms with van der Waals surface area (Å²) in [5.41, 5.74) is 0.0795. The van der Waals surface area contributed by atoms with E-state index >= 15 is 0 Å². The van der Waals surface area contributed by atoms with Crippen LogP contribution in [0.2, 0.25) is 0 Å².